The molecule has 2 aromatic carbocycles. The van der Waals surface area contributed by atoms with Crippen molar-refractivity contribution in [1.29, 1.82) is 0 Å². The van der Waals surface area contributed by atoms with Crippen LogP contribution >= 0.6 is 11.6 Å². The molecule has 6 heteroatoms. The molecule has 0 aromatic heterocycles. The minimum Gasteiger partial charge on any atom is -0.497 e. The van der Waals surface area contributed by atoms with Crippen molar-refractivity contribution in [2.45, 2.75) is 32.2 Å². The molecule has 5 nitrogen and oxygen atoms in total. The lowest BCUT2D eigenvalue weighted by Crippen LogP contribution is -2.45. The Bertz CT molecular complexity index is 821. The molecule has 0 spiro atoms. The Morgan fingerprint density at radius 2 is 1.83 bits per heavy atom. The first-order chi connectivity index (χ1) is 14.0. The molecule has 3 rings (SSSR count). The van der Waals surface area contributed by atoms with E-state index in [0.29, 0.717) is 37.5 Å². The van der Waals surface area contributed by atoms with Gasteiger partial charge in [-0.25, -0.2) is 0 Å². The van der Waals surface area contributed by atoms with Crippen molar-refractivity contribution in [2.75, 3.05) is 20.2 Å². The molecule has 154 valence electrons. The van der Waals surface area contributed by atoms with E-state index in [1.54, 1.807) is 12.0 Å². The number of halogens is 1. The van der Waals surface area contributed by atoms with Crippen LogP contribution in [0.1, 0.15) is 30.4 Å². The molecule has 1 aliphatic rings. The van der Waals surface area contributed by atoms with E-state index in [9.17, 15) is 9.59 Å². The van der Waals surface area contributed by atoms with Crippen molar-refractivity contribution in [1.82, 2.24) is 10.2 Å². The lowest BCUT2D eigenvalue weighted by molar-refractivity contribution is -0.138. The third-order valence-electron chi connectivity index (χ3n) is 5.26. The standard InChI is InChI=1S/C23H27ClN2O3/c1-29-21-11-6-17(7-12-21)3-2-14-25-23(28)19-8-13-22(27)26(16-19)15-18-4-9-20(24)10-5-18/h4-7,9-12,19H,2-3,8,13-16H2,1H3,(H,25,28)/t19-/m0/s1. The fourth-order valence-electron chi connectivity index (χ4n) is 3.53. The Morgan fingerprint density at radius 3 is 2.52 bits per heavy atom. The monoisotopic (exact) mass is 414 g/mol. The predicted octanol–water partition coefficient (Wildman–Crippen LogP) is 3.84. The molecule has 1 fully saturated rings. The highest BCUT2D eigenvalue weighted by atomic mass is 35.5. The van der Waals surface area contributed by atoms with Gasteiger partial charge < -0.3 is 15.0 Å². The van der Waals surface area contributed by atoms with Gasteiger partial charge in [-0.2, -0.15) is 0 Å². The third-order valence-corrected chi connectivity index (χ3v) is 5.51. The number of rotatable bonds is 8. The van der Waals surface area contributed by atoms with Gasteiger partial charge in [0.25, 0.3) is 0 Å². The minimum atomic E-state index is -0.152. The average Bonchev–Trinajstić information content (AvgIpc) is 2.74. The number of likely N-dealkylation sites (tertiary alicyclic amines) is 1. The molecule has 1 saturated heterocycles. The fraction of sp³-hybridized carbons (Fsp3) is 0.391. The van der Waals surface area contributed by atoms with Crippen molar-refractivity contribution >= 4 is 23.4 Å². The lowest BCUT2D eigenvalue weighted by atomic mass is 9.96. The van der Waals surface area contributed by atoms with Crippen molar-refractivity contribution in [3.63, 3.8) is 0 Å². The van der Waals surface area contributed by atoms with Crippen LogP contribution in [0.4, 0.5) is 0 Å². The number of hydrogen-bond donors (Lipinski definition) is 1. The van der Waals surface area contributed by atoms with Gasteiger partial charge in [0.05, 0.1) is 13.0 Å². The molecule has 0 unspecified atom stereocenters. The van der Waals surface area contributed by atoms with Crippen LogP contribution in [0, 0.1) is 5.92 Å². The van der Waals surface area contributed by atoms with Crippen LogP contribution in [0.5, 0.6) is 5.75 Å². The number of carbonyl (C=O) groups is 2. The number of amides is 2. The van der Waals surface area contributed by atoms with Gasteiger partial charge in [-0.05, 0) is 54.7 Å². The molecule has 0 bridgehead atoms. The van der Waals surface area contributed by atoms with Gasteiger partial charge in [-0.1, -0.05) is 35.9 Å². The molecular formula is C23H27ClN2O3. The van der Waals surface area contributed by atoms with Crippen molar-refractivity contribution in [2.24, 2.45) is 5.92 Å². The summed E-state index contributed by atoms with van der Waals surface area (Å²) in [6.45, 7) is 1.61. The fourth-order valence-corrected chi connectivity index (χ4v) is 3.66. The lowest BCUT2D eigenvalue weighted by Gasteiger charge is -2.32. The van der Waals surface area contributed by atoms with Crippen molar-refractivity contribution in [3.05, 3.63) is 64.7 Å². The molecule has 2 aromatic rings. The molecule has 1 atom stereocenters. The van der Waals surface area contributed by atoms with Gasteiger partial charge in [0.1, 0.15) is 5.75 Å². The van der Waals surface area contributed by atoms with Gasteiger partial charge in [-0.15, -0.1) is 0 Å². The molecule has 0 aliphatic carbocycles. The van der Waals surface area contributed by atoms with E-state index in [4.69, 9.17) is 16.3 Å². The summed E-state index contributed by atoms with van der Waals surface area (Å²) in [6, 6.07) is 15.4. The molecule has 2 amide bonds. The van der Waals surface area contributed by atoms with Crippen LogP contribution in [0.25, 0.3) is 0 Å². The Morgan fingerprint density at radius 1 is 1.14 bits per heavy atom. The smallest absolute Gasteiger partial charge is 0.224 e. The number of benzene rings is 2. The zero-order chi connectivity index (χ0) is 20.6. The van der Waals surface area contributed by atoms with Gasteiger partial charge in [0.2, 0.25) is 11.8 Å². The Labute approximate surface area is 177 Å². The van der Waals surface area contributed by atoms with Crippen LogP contribution in [0.2, 0.25) is 5.02 Å². The highest BCUT2D eigenvalue weighted by Crippen LogP contribution is 2.21. The number of nitrogens with zero attached hydrogens (tertiary/aromatic N) is 1. The van der Waals surface area contributed by atoms with Crippen LogP contribution in [0.3, 0.4) is 0 Å². The quantitative estimate of drug-likeness (QED) is 0.668. The van der Waals surface area contributed by atoms with E-state index < -0.39 is 0 Å². The normalized spacial score (nSPS) is 16.6. The second-order valence-corrected chi connectivity index (χ2v) is 7.82. The number of piperidine rings is 1. The van der Waals surface area contributed by atoms with E-state index in [2.05, 4.69) is 5.32 Å². The van der Waals surface area contributed by atoms with Gasteiger partial charge >= 0.3 is 0 Å². The molecule has 0 radical (unpaired) electrons. The molecule has 1 heterocycles. The number of ether oxygens (including phenoxy) is 1. The Kier molecular flexibility index (Phi) is 7.53. The highest BCUT2D eigenvalue weighted by Gasteiger charge is 2.30. The number of hydrogen-bond acceptors (Lipinski definition) is 3. The predicted molar refractivity (Wildman–Crippen MR) is 114 cm³/mol. The topological polar surface area (TPSA) is 58.6 Å². The summed E-state index contributed by atoms with van der Waals surface area (Å²) < 4.78 is 5.16. The summed E-state index contributed by atoms with van der Waals surface area (Å²) in [5, 5.41) is 3.70. The summed E-state index contributed by atoms with van der Waals surface area (Å²) in [5.41, 5.74) is 2.24. The van der Waals surface area contributed by atoms with Gasteiger partial charge in [-0.3, -0.25) is 9.59 Å². The number of nitrogens with one attached hydrogen (secondary N) is 1. The maximum atomic E-state index is 12.6. The number of carbonyl (C=O) groups excluding carboxylic acids is 2. The van der Waals surface area contributed by atoms with Gasteiger partial charge in [0.15, 0.2) is 0 Å². The summed E-state index contributed by atoms with van der Waals surface area (Å²) >= 11 is 5.92. The first-order valence-electron chi connectivity index (χ1n) is 9.98. The molecule has 1 aliphatic heterocycles. The summed E-state index contributed by atoms with van der Waals surface area (Å²) in [6.07, 6.45) is 2.80. The number of aryl methyl sites for hydroxylation is 1. The Balaban J connectivity index is 1.43. The van der Waals surface area contributed by atoms with E-state index >= 15 is 0 Å². The third kappa shape index (κ3) is 6.23. The van der Waals surface area contributed by atoms with Crippen LogP contribution in [-0.2, 0) is 22.6 Å². The second kappa shape index (κ2) is 10.3. The zero-order valence-corrected chi connectivity index (χ0v) is 17.5. The van der Waals surface area contributed by atoms with Crippen LogP contribution in [-0.4, -0.2) is 36.9 Å². The maximum absolute atomic E-state index is 12.6. The highest BCUT2D eigenvalue weighted by molar-refractivity contribution is 6.30. The summed E-state index contributed by atoms with van der Waals surface area (Å²) in [4.78, 5) is 26.6. The van der Waals surface area contributed by atoms with Gasteiger partial charge in [0, 0.05) is 31.1 Å². The number of methoxy groups -OCH3 is 1. The SMILES string of the molecule is COc1ccc(CCCNC(=O)[C@H]2CCC(=O)N(Cc3ccc(Cl)cc3)C2)cc1. The summed E-state index contributed by atoms with van der Waals surface area (Å²) in [7, 11) is 1.65. The maximum Gasteiger partial charge on any atom is 0.224 e. The molecule has 29 heavy (non-hydrogen) atoms. The van der Waals surface area contributed by atoms with E-state index in [1.807, 2.05) is 48.5 Å². The Hall–Kier alpha value is -2.53. The van der Waals surface area contributed by atoms with E-state index in [0.717, 1.165) is 24.2 Å². The molecule has 0 saturated carbocycles. The second-order valence-electron chi connectivity index (χ2n) is 7.38. The first-order valence-corrected chi connectivity index (χ1v) is 10.4. The van der Waals surface area contributed by atoms with E-state index in [1.165, 1.54) is 5.56 Å². The minimum absolute atomic E-state index is 0.0355. The van der Waals surface area contributed by atoms with Crippen LogP contribution in [0.15, 0.2) is 48.5 Å². The molecular weight excluding hydrogens is 388 g/mol. The van der Waals surface area contributed by atoms with E-state index in [-0.39, 0.29) is 17.7 Å². The van der Waals surface area contributed by atoms with Crippen molar-refractivity contribution in [3.8, 4) is 5.75 Å². The largest absolute Gasteiger partial charge is 0.497 e. The summed E-state index contributed by atoms with van der Waals surface area (Å²) in [5.74, 6) is 0.829. The molecule has 1 N–H and O–H groups in total. The van der Waals surface area contributed by atoms with Crippen molar-refractivity contribution < 1.29 is 14.3 Å². The van der Waals surface area contributed by atoms with Crippen LogP contribution < -0.4 is 10.1 Å². The first kappa shape index (κ1) is 21.2. The zero-order valence-electron chi connectivity index (χ0n) is 16.7. The average molecular weight is 415 g/mol.